The predicted octanol–water partition coefficient (Wildman–Crippen LogP) is 2.07. The molecular weight excluding hydrogens is 284 g/mol. The zero-order valence-corrected chi connectivity index (χ0v) is 14.6. The molecule has 1 unspecified atom stereocenters. The van der Waals surface area contributed by atoms with Crippen LogP contribution in [0.15, 0.2) is 0 Å². The zero-order valence-electron chi connectivity index (χ0n) is 14.6. The first-order valence-electron chi connectivity index (χ1n) is 8.08. The number of hydrogen-bond acceptors (Lipinski definition) is 5. The lowest BCUT2D eigenvalue weighted by atomic mass is 9.91. The number of carbonyl (C=O) groups is 1. The standard InChI is InChI=1S/C16H32N2O4/c1-16(2,3)22-15(19)18-13-8-6-12(7-9-13)17-10-14(21-5)11-20-4/h12-14,17H,6-11H2,1-5H3,(H,18,19). The van der Waals surface area contributed by atoms with Crippen molar-refractivity contribution in [3.8, 4) is 0 Å². The Morgan fingerprint density at radius 1 is 1.14 bits per heavy atom. The maximum absolute atomic E-state index is 11.8. The molecule has 6 nitrogen and oxygen atoms in total. The van der Waals surface area contributed by atoms with E-state index in [1.165, 1.54) is 0 Å². The Hall–Kier alpha value is -0.850. The van der Waals surface area contributed by atoms with Crippen molar-refractivity contribution in [2.75, 3.05) is 27.4 Å². The minimum Gasteiger partial charge on any atom is -0.444 e. The molecule has 1 rings (SSSR count). The largest absolute Gasteiger partial charge is 0.444 e. The highest BCUT2D eigenvalue weighted by molar-refractivity contribution is 5.68. The van der Waals surface area contributed by atoms with Crippen LogP contribution in [0.4, 0.5) is 4.79 Å². The second-order valence-corrected chi connectivity index (χ2v) is 6.92. The number of hydrogen-bond donors (Lipinski definition) is 2. The molecule has 0 bridgehead atoms. The van der Waals surface area contributed by atoms with Gasteiger partial charge < -0.3 is 24.8 Å². The maximum atomic E-state index is 11.8. The number of rotatable bonds is 7. The zero-order chi connectivity index (χ0) is 16.6. The highest BCUT2D eigenvalue weighted by Crippen LogP contribution is 2.19. The Morgan fingerprint density at radius 3 is 2.23 bits per heavy atom. The Kier molecular flexibility index (Phi) is 8.14. The van der Waals surface area contributed by atoms with Gasteiger partial charge in [0, 0.05) is 32.8 Å². The van der Waals surface area contributed by atoms with E-state index >= 15 is 0 Å². The van der Waals surface area contributed by atoms with Crippen LogP contribution in [0.2, 0.25) is 0 Å². The van der Waals surface area contributed by atoms with Crippen molar-refractivity contribution < 1.29 is 19.0 Å². The first-order valence-corrected chi connectivity index (χ1v) is 8.08. The van der Waals surface area contributed by atoms with Crippen LogP contribution in [0.1, 0.15) is 46.5 Å². The summed E-state index contributed by atoms with van der Waals surface area (Å²) in [6, 6.07) is 0.691. The summed E-state index contributed by atoms with van der Waals surface area (Å²) >= 11 is 0. The summed E-state index contributed by atoms with van der Waals surface area (Å²) in [6.07, 6.45) is 3.80. The maximum Gasteiger partial charge on any atom is 0.407 e. The van der Waals surface area contributed by atoms with Gasteiger partial charge in [-0.2, -0.15) is 0 Å². The fourth-order valence-electron chi connectivity index (χ4n) is 2.61. The van der Waals surface area contributed by atoms with Gasteiger partial charge in [0.05, 0.1) is 12.7 Å². The van der Waals surface area contributed by atoms with Gasteiger partial charge in [0.2, 0.25) is 0 Å². The van der Waals surface area contributed by atoms with E-state index in [2.05, 4.69) is 10.6 Å². The minimum absolute atomic E-state index is 0.0858. The second kappa shape index (κ2) is 9.33. The lowest BCUT2D eigenvalue weighted by molar-refractivity contribution is 0.0262. The second-order valence-electron chi connectivity index (χ2n) is 6.92. The predicted molar refractivity (Wildman–Crippen MR) is 86.1 cm³/mol. The third-order valence-corrected chi connectivity index (χ3v) is 3.77. The van der Waals surface area contributed by atoms with Crippen molar-refractivity contribution in [2.45, 2.75) is 70.2 Å². The van der Waals surface area contributed by atoms with Gasteiger partial charge in [-0.1, -0.05) is 0 Å². The molecule has 0 aromatic rings. The van der Waals surface area contributed by atoms with Crippen LogP contribution in [-0.2, 0) is 14.2 Å². The van der Waals surface area contributed by atoms with Gasteiger partial charge in [0.15, 0.2) is 0 Å². The molecule has 0 aliphatic heterocycles. The van der Waals surface area contributed by atoms with Crippen LogP contribution >= 0.6 is 0 Å². The van der Waals surface area contributed by atoms with Gasteiger partial charge in [-0.25, -0.2) is 4.79 Å². The summed E-state index contributed by atoms with van der Waals surface area (Å²) in [6.45, 7) is 7.01. The van der Waals surface area contributed by atoms with Crippen LogP contribution in [0, 0.1) is 0 Å². The van der Waals surface area contributed by atoms with Gasteiger partial charge in [0.25, 0.3) is 0 Å². The highest BCUT2D eigenvalue weighted by atomic mass is 16.6. The number of ether oxygens (including phenoxy) is 3. The van der Waals surface area contributed by atoms with Crippen molar-refractivity contribution in [3.05, 3.63) is 0 Å². The molecule has 2 N–H and O–H groups in total. The normalized spacial score (nSPS) is 23.9. The van der Waals surface area contributed by atoms with Crippen molar-refractivity contribution >= 4 is 6.09 Å². The summed E-state index contributed by atoms with van der Waals surface area (Å²) < 4.78 is 15.7. The minimum atomic E-state index is -0.445. The van der Waals surface area contributed by atoms with Crippen LogP contribution in [0.25, 0.3) is 0 Å². The molecule has 1 amide bonds. The lowest BCUT2D eigenvalue weighted by Gasteiger charge is -2.31. The number of amides is 1. The smallest absolute Gasteiger partial charge is 0.407 e. The number of nitrogens with one attached hydrogen (secondary N) is 2. The van der Waals surface area contributed by atoms with Crippen LogP contribution in [0.5, 0.6) is 0 Å². The molecular formula is C16H32N2O4. The molecule has 130 valence electrons. The van der Waals surface area contributed by atoms with Gasteiger partial charge in [-0.3, -0.25) is 0 Å². The van der Waals surface area contributed by atoms with Gasteiger partial charge >= 0.3 is 6.09 Å². The molecule has 22 heavy (non-hydrogen) atoms. The molecule has 1 aliphatic rings. The molecule has 0 saturated heterocycles. The summed E-state index contributed by atoms with van der Waals surface area (Å²) in [7, 11) is 3.38. The third-order valence-electron chi connectivity index (χ3n) is 3.77. The van der Waals surface area contributed by atoms with Crippen molar-refractivity contribution in [1.82, 2.24) is 10.6 Å². The molecule has 0 radical (unpaired) electrons. The van der Waals surface area contributed by atoms with E-state index in [0.717, 1.165) is 32.2 Å². The quantitative estimate of drug-likeness (QED) is 0.752. The topological polar surface area (TPSA) is 68.8 Å². The molecule has 0 heterocycles. The lowest BCUT2D eigenvalue weighted by Crippen LogP contribution is -2.45. The fraction of sp³-hybridized carbons (Fsp3) is 0.938. The summed E-state index contributed by atoms with van der Waals surface area (Å²) in [4.78, 5) is 11.8. The van der Waals surface area contributed by atoms with E-state index in [0.29, 0.717) is 12.6 Å². The number of alkyl carbamates (subject to hydrolysis) is 1. The molecule has 0 spiro atoms. The third kappa shape index (κ3) is 7.96. The SMILES string of the molecule is COCC(CNC1CCC(NC(=O)OC(C)(C)C)CC1)OC. The van der Waals surface area contributed by atoms with E-state index in [-0.39, 0.29) is 18.2 Å². The Morgan fingerprint density at radius 2 is 1.73 bits per heavy atom. The number of carbonyl (C=O) groups excluding carboxylic acids is 1. The number of methoxy groups -OCH3 is 2. The molecule has 1 fully saturated rings. The molecule has 1 aliphatic carbocycles. The van der Waals surface area contributed by atoms with E-state index in [4.69, 9.17) is 14.2 Å². The Bertz CT molecular complexity index is 323. The Labute approximate surface area is 134 Å². The molecule has 0 aromatic heterocycles. The van der Waals surface area contributed by atoms with Gasteiger partial charge in [0.1, 0.15) is 5.60 Å². The average Bonchev–Trinajstić information content (AvgIpc) is 2.43. The molecule has 0 aromatic carbocycles. The van der Waals surface area contributed by atoms with Crippen molar-refractivity contribution in [1.29, 1.82) is 0 Å². The summed E-state index contributed by atoms with van der Waals surface area (Å²) in [5.74, 6) is 0. The highest BCUT2D eigenvalue weighted by Gasteiger charge is 2.24. The monoisotopic (exact) mass is 316 g/mol. The fourth-order valence-corrected chi connectivity index (χ4v) is 2.61. The Balaban J connectivity index is 2.21. The first kappa shape index (κ1) is 19.2. The molecule has 1 atom stereocenters. The summed E-state index contributed by atoms with van der Waals surface area (Å²) in [5, 5.41) is 6.48. The summed E-state index contributed by atoms with van der Waals surface area (Å²) in [5.41, 5.74) is -0.445. The van der Waals surface area contributed by atoms with E-state index in [1.807, 2.05) is 20.8 Å². The molecule has 1 saturated carbocycles. The van der Waals surface area contributed by atoms with Gasteiger partial charge in [-0.05, 0) is 46.5 Å². The van der Waals surface area contributed by atoms with E-state index in [9.17, 15) is 4.79 Å². The molecule has 6 heteroatoms. The van der Waals surface area contributed by atoms with Crippen LogP contribution < -0.4 is 10.6 Å². The first-order chi connectivity index (χ1) is 10.3. The van der Waals surface area contributed by atoms with Crippen LogP contribution in [-0.4, -0.2) is 57.3 Å². The van der Waals surface area contributed by atoms with E-state index < -0.39 is 5.60 Å². The van der Waals surface area contributed by atoms with Crippen LogP contribution in [0.3, 0.4) is 0 Å². The van der Waals surface area contributed by atoms with Crippen molar-refractivity contribution in [2.24, 2.45) is 0 Å². The average molecular weight is 316 g/mol. The van der Waals surface area contributed by atoms with Crippen molar-refractivity contribution in [3.63, 3.8) is 0 Å². The van der Waals surface area contributed by atoms with E-state index in [1.54, 1.807) is 14.2 Å². The van der Waals surface area contributed by atoms with Gasteiger partial charge in [-0.15, -0.1) is 0 Å².